The maximum atomic E-state index is 12.1. The van der Waals surface area contributed by atoms with Crippen LogP contribution in [0.3, 0.4) is 0 Å². The fraction of sp³-hybridized carbons (Fsp3) is 0.929. The van der Waals surface area contributed by atoms with Gasteiger partial charge in [-0.25, -0.2) is 0 Å². The van der Waals surface area contributed by atoms with Crippen LogP contribution in [0.4, 0.5) is 0 Å². The number of rotatable bonds is 3. The minimum atomic E-state index is 0.150. The summed E-state index contributed by atoms with van der Waals surface area (Å²) in [6.07, 6.45) is 6.23. The van der Waals surface area contributed by atoms with Crippen molar-refractivity contribution in [2.75, 3.05) is 13.2 Å². The Balaban J connectivity index is 1.71. The molecule has 1 heterocycles. The Kier molecular flexibility index (Phi) is 5.01. The lowest BCUT2D eigenvalue weighted by Gasteiger charge is -2.31. The Morgan fingerprint density at radius 2 is 1.94 bits per heavy atom. The number of carbonyl (C=O) groups is 1. The van der Waals surface area contributed by atoms with E-state index in [-0.39, 0.29) is 11.8 Å². The van der Waals surface area contributed by atoms with Crippen molar-refractivity contribution in [2.45, 2.75) is 57.5 Å². The van der Waals surface area contributed by atoms with Crippen LogP contribution in [0.2, 0.25) is 0 Å². The molecule has 2 rings (SSSR count). The van der Waals surface area contributed by atoms with Gasteiger partial charge in [-0.15, -0.1) is 0 Å². The number of aliphatic hydroxyl groups is 1. The highest BCUT2D eigenvalue weighted by Crippen LogP contribution is 2.24. The molecule has 3 N–H and O–H groups in total. The molecule has 4 heteroatoms. The fourth-order valence-electron chi connectivity index (χ4n) is 3.03. The Morgan fingerprint density at radius 3 is 2.50 bits per heavy atom. The van der Waals surface area contributed by atoms with E-state index >= 15 is 0 Å². The van der Waals surface area contributed by atoms with Crippen LogP contribution >= 0.6 is 0 Å². The van der Waals surface area contributed by atoms with Gasteiger partial charge in [0.1, 0.15) is 0 Å². The molecule has 0 aromatic rings. The predicted molar refractivity (Wildman–Crippen MR) is 71.2 cm³/mol. The Bertz CT molecular complexity index is 267. The molecule has 104 valence electrons. The second kappa shape index (κ2) is 6.53. The molecular formula is C14H26N2O2. The first-order chi connectivity index (χ1) is 8.69. The van der Waals surface area contributed by atoms with E-state index in [0.29, 0.717) is 24.6 Å². The molecule has 0 radical (unpaired) electrons. The molecule has 2 aliphatic rings. The zero-order valence-corrected chi connectivity index (χ0v) is 11.3. The largest absolute Gasteiger partial charge is 0.396 e. The Hall–Kier alpha value is -0.610. The molecule has 1 saturated carbocycles. The van der Waals surface area contributed by atoms with Gasteiger partial charge in [-0.05, 0) is 51.4 Å². The van der Waals surface area contributed by atoms with Crippen LogP contribution in [0.15, 0.2) is 0 Å². The highest BCUT2D eigenvalue weighted by molar-refractivity contribution is 5.79. The third-order valence-corrected chi connectivity index (χ3v) is 4.48. The molecule has 0 spiro atoms. The first-order valence-electron chi connectivity index (χ1n) is 7.33. The van der Waals surface area contributed by atoms with Gasteiger partial charge in [-0.1, -0.05) is 0 Å². The van der Waals surface area contributed by atoms with Gasteiger partial charge < -0.3 is 15.7 Å². The van der Waals surface area contributed by atoms with Gasteiger partial charge in [0.15, 0.2) is 0 Å². The molecule has 2 atom stereocenters. The van der Waals surface area contributed by atoms with E-state index in [1.807, 2.05) is 0 Å². The number of hydrogen-bond donors (Lipinski definition) is 3. The molecular weight excluding hydrogens is 228 g/mol. The maximum Gasteiger partial charge on any atom is 0.224 e. The quantitative estimate of drug-likeness (QED) is 0.705. The Morgan fingerprint density at radius 1 is 1.22 bits per heavy atom. The summed E-state index contributed by atoms with van der Waals surface area (Å²) in [6.45, 7) is 3.29. The van der Waals surface area contributed by atoms with Crippen molar-refractivity contribution in [1.82, 2.24) is 10.6 Å². The number of amides is 1. The fourth-order valence-corrected chi connectivity index (χ4v) is 3.03. The average molecular weight is 254 g/mol. The molecule has 18 heavy (non-hydrogen) atoms. The second-order valence-electron chi connectivity index (χ2n) is 5.99. The zero-order chi connectivity index (χ0) is 13.0. The monoisotopic (exact) mass is 254 g/mol. The van der Waals surface area contributed by atoms with E-state index in [0.717, 1.165) is 45.1 Å². The Labute approximate surface area is 110 Å². The first kappa shape index (κ1) is 13.8. The van der Waals surface area contributed by atoms with Crippen molar-refractivity contribution < 1.29 is 9.90 Å². The van der Waals surface area contributed by atoms with Crippen molar-refractivity contribution >= 4 is 5.91 Å². The van der Waals surface area contributed by atoms with Gasteiger partial charge >= 0.3 is 0 Å². The van der Waals surface area contributed by atoms with Crippen molar-refractivity contribution in [1.29, 1.82) is 0 Å². The molecule has 4 nitrogen and oxygen atoms in total. The van der Waals surface area contributed by atoms with Crippen LogP contribution < -0.4 is 10.6 Å². The smallest absolute Gasteiger partial charge is 0.224 e. The van der Waals surface area contributed by atoms with E-state index in [2.05, 4.69) is 17.6 Å². The van der Waals surface area contributed by atoms with E-state index in [1.165, 1.54) is 0 Å². The van der Waals surface area contributed by atoms with E-state index < -0.39 is 0 Å². The van der Waals surface area contributed by atoms with Crippen molar-refractivity contribution in [2.24, 2.45) is 11.8 Å². The lowest BCUT2D eigenvalue weighted by molar-refractivity contribution is -0.126. The highest BCUT2D eigenvalue weighted by atomic mass is 16.3. The third kappa shape index (κ3) is 3.69. The zero-order valence-electron chi connectivity index (χ0n) is 11.3. The average Bonchev–Trinajstić information content (AvgIpc) is 2.40. The summed E-state index contributed by atoms with van der Waals surface area (Å²) in [5, 5.41) is 15.7. The summed E-state index contributed by atoms with van der Waals surface area (Å²) in [6, 6.07) is 0.883. The van der Waals surface area contributed by atoms with Gasteiger partial charge in [-0.3, -0.25) is 4.79 Å². The predicted octanol–water partition coefficient (Wildman–Crippen LogP) is 1.04. The van der Waals surface area contributed by atoms with Gasteiger partial charge in [0.25, 0.3) is 0 Å². The summed E-state index contributed by atoms with van der Waals surface area (Å²) >= 11 is 0. The molecule has 0 aromatic carbocycles. The van der Waals surface area contributed by atoms with E-state index in [1.54, 1.807) is 0 Å². The number of piperidine rings is 1. The third-order valence-electron chi connectivity index (χ3n) is 4.48. The number of aliphatic hydroxyl groups excluding tert-OH is 1. The second-order valence-corrected chi connectivity index (χ2v) is 5.99. The van der Waals surface area contributed by atoms with Crippen molar-refractivity contribution in [3.8, 4) is 0 Å². The highest BCUT2D eigenvalue weighted by Gasteiger charge is 2.27. The van der Waals surface area contributed by atoms with Gasteiger partial charge in [0.2, 0.25) is 5.91 Å². The molecule has 1 aliphatic heterocycles. The van der Waals surface area contributed by atoms with Crippen LogP contribution in [0, 0.1) is 11.8 Å². The van der Waals surface area contributed by atoms with Crippen LogP contribution in [-0.4, -0.2) is 36.2 Å². The lowest BCUT2D eigenvalue weighted by Crippen LogP contribution is -2.47. The van der Waals surface area contributed by atoms with Gasteiger partial charge in [-0.2, -0.15) is 0 Å². The van der Waals surface area contributed by atoms with Crippen LogP contribution in [0.25, 0.3) is 0 Å². The number of nitrogens with one attached hydrogen (secondary N) is 2. The van der Waals surface area contributed by atoms with Crippen LogP contribution in [0.5, 0.6) is 0 Å². The molecule has 2 unspecified atom stereocenters. The molecule has 1 amide bonds. The first-order valence-corrected chi connectivity index (χ1v) is 7.33. The van der Waals surface area contributed by atoms with E-state index in [4.69, 9.17) is 5.11 Å². The van der Waals surface area contributed by atoms with Crippen LogP contribution in [-0.2, 0) is 4.79 Å². The summed E-state index contributed by atoms with van der Waals surface area (Å²) in [4.78, 5) is 12.1. The summed E-state index contributed by atoms with van der Waals surface area (Å²) in [5.74, 6) is 0.828. The number of hydrogen-bond acceptors (Lipinski definition) is 3. The lowest BCUT2D eigenvalue weighted by atomic mass is 9.86. The normalized spacial score (nSPS) is 37.2. The van der Waals surface area contributed by atoms with Crippen molar-refractivity contribution in [3.63, 3.8) is 0 Å². The molecule has 0 aromatic heterocycles. The van der Waals surface area contributed by atoms with Gasteiger partial charge in [0, 0.05) is 25.2 Å². The molecule has 1 aliphatic carbocycles. The minimum absolute atomic E-state index is 0.150. The molecule has 1 saturated heterocycles. The maximum absolute atomic E-state index is 12.1. The summed E-state index contributed by atoms with van der Waals surface area (Å²) in [5.41, 5.74) is 0. The minimum Gasteiger partial charge on any atom is -0.396 e. The molecule has 0 bridgehead atoms. The molecule has 2 fully saturated rings. The summed E-state index contributed by atoms with van der Waals surface area (Å²) < 4.78 is 0. The van der Waals surface area contributed by atoms with Crippen LogP contribution in [0.1, 0.15) is 45.4 Å². The number of carbonyl (C=O) groups excluding carboxylic acids is 1. The van der Waals surface area contributed by atoms with Crippen molar-refractivity contribution in [3.05, 3.63) is 0 Å². The topological polar surface area (TPSA) is 61.4 Å². The standard InChI is InChI=1S/C14H26N2O2/c1-10-2-5-12(8-15-10)14(18)16-13-6-3-11(9-17)4-7-13/h10-13,15,17H,2-9H2,1H3,(H,16,18). The van der Waals surface area contributed by atoms with E-state index in [9.17, 15) is 4.79 Å². The van der Waals surface area contributed by atoms with Gasteiger partial charge in [0.05, 0.1) is 5.92 Å². The SMILES string of the molecule is CC1CCC(C(=O)NC2CCC(CO)CC2)CN1. The summed E-state index contributed by atoms with van der Waals surface area (Å²) in [7, 11) is 0.